The SMILES string of the molecule is CCNC(=O)c1nnc(-c2cc(C(C)C)c(O)cc2O)n1-c1ccc(C(=O)NCCc2ccc(OC(=O)N(CCCOc3ccc4c5n(c(=NC(=O)c6cnc(N)nc6)nc4c3OC)CCN5)C(C)C)cc2)cc1. The topological polar surface area (TPSA) is 288 Å². The number of nitrogen functional groups attached to an aromatic ring is 1. The van der Waals surface area contributed by atoms with Gasteiger partial charge >= 0.3 is 6.09 Å². The van der Waals surface area contributed by atoms with Crippen molar-refractivity contribution < 1.29 is 43.6 Å². The van der Waals surface area contributed by atoms with Gasteiger partial charge in [0.15, 0.2) is 17.3 Å². The normalized spacial score (nSPS) is 12.1. The molecular formula is C52H57N13O9. The summed E-state index contributed by atoms with van der Waals surface area (Å²) >= 11 is 0. The number of phenolic OH excluding ortho intramolecular Hbond substituents is 2. The van der Waals surface area contributed by atoms with Crippen LogP contribution in [-0.4, -0.2) is 119 Å². The smallest absolute Gasteiger partial charge is 0.415 e. The highest BCUT2D eigenvalue weighted by atomic mass is 16.6. The van der Waals surface area contributed by atoms with E-state index < -0.39 is 17.9 Å². The first-order chi connectivity index (χ1) is 35.6. The van der Waals surface area contributed by atoms with Gasteiger partial charge in [-0.3, -0.25) is 23.5 Å². The Kier molecular flexibility index (Phi) is 15.6. The maximum atomic E-state index is 13.4. The third-order valence-electron chi connectivity index (χ3n) is 12.1. The number of anilines is 2. The molecule has 0 saturated carbocycles. The number of amides is 4. The molecule has 22 heteroatoms. The lowest BCUT2D eigenvalue weighted by Gasteiger charge is -2.26. The van der Waals surface area contributed by atoms with E-state index in [1.54, 1.807) is 60.4 Å². The van der Waals surface area contributed by atoms with Crippen molar-refractivity contribution in [3.8, 4) is 45.8 Å². The number of aromatic nitrogens is 7. The Bertz CT molecular complexity index is 3280. The summed E-state index contributed by atoms with van der Waals surface area (Å²) in [5.74, 6) is 0.323. The number of carbonyl (C=O) groups is 4. The van der Waals surface area contributed by atoms with Crippen LogP contribution < -0.4 is 41.5 Å². The molecule has 0 bridgehead atoms. The lowest BCUT2D eigenvalue weighted by Crippen LogP contribution is -2.40. The van der Waals surface area contributed by atoms with Crippen molar-refractivity contribution in [1.82, 2.24) is 49.8 Å². The number of nitrogens with two attached hydrogens (primary N) is 1. The fraction of sp³-hybridized carbons (Fsp3) is 0.308. The molecule has 0 spiro atoms. The maximum Gasteiger partial charge on any atom is 0.415 e. The van der Waals surface area contributed by atoms with Crippen LogP contribution >= 0.6 is 0 Å². The first-order valence-electron chi connectivity index (χ1n) is 24.1. The number of carbonyl (C=O) groups excluding carboxylic acids is 4. The van der Waals surface area contributed by atoms with Gasteiger partial charge in [-0.15, -0.1) is 10.2 Å². The summed E-state index contributed by atoms with van der Waals surface area (Å²) < 4.78 is 21.1. The molecule has 7 N–H and O–H groups in total. The summed E-state index contributed by atoms with van der Waals surface area (Å²) in [4.78, 5) is 71.2. The summed E-state index contributed by atoms with van der Waals surface area (Å²) in [6, 6.07) is 20.0. The molecule has 0 radical (unpaired) electrons. The van der Waals surface area contributed by atoms with E-state index in [0.29, 0.717) is 85.1 Å². The van der Waals surface area contributed by atoms with Crippen molar-refractivity contribution >= 4 is 46.5 Å². The van der Waals surface area contributed by atoms with E-state index in [1.165, 1.54) is 30.1 Å². The number of hydrogen-bond acceptors (Lipinski definition) is 16. The minimum Gasteiger partial charge on any atom is -0.508 e. The van der Waals surface area contributed by atoms with Crippen molar-refractivity contribution in [3.05, 3.63) is 119 Å². The van der Waals surface area contributed by atoms with Crippen molar-refractivity contribution in [2.24, 2.45) is 4.99 Å². The largest absolute Gasteiger partial charge is 0.508 e. The van der Waals surface area contributed by atoms with Crippen LogP contribution in [0.4, 0.5) is 16.6 Å². The number of nitrogens with one attached hydrogen (secondary N) is 3. The zero-order chi connectivity index (χ0) is 52.6. The van der Waals surface area contributed by atoms with Crippen molar-refractivity contribution in [2.75, 3.05) is 50.9 Å². The molecule has 4 amide bonds. The van der Waals surface area contributed by atoms with Crippen LogP contribution in [0.15, 0.2) is 90.2 Å². The summed E-state index contributed by atoms with van der Waals surface area (Å²) in [7, 11) is 1.51. The minimum atomic E-state index is -0.578. The van der Waals surface area contributed by atoms with Crippen molar-refractivity contribution in [2.45, 2.75) is 66.0 Å². The maximum absolute atomic E-state index is 13.4. The fourth-order valence-electron chi connectivity index (χ4n) is 8.32. The average Bonchev–Trinajstić information content (AvgIpc) is 4.06. The zero-order valence-corrected chi connectivity index (χ0v) is 41.7. The highest BCUT2D eigenvalue weighted by Crippen LogP contribution is 2.39. The lowest BCUT2D eigenvalue weighted by molar-refractivity contribution is 0.0938. The molecule has 1 aliphatic heterocycles. The van der Waals surface area contributed by atoms with Crippen molar-refractivity contribution in [3.63, 3.8) is 0 Å². The van der Waals surface area contributed by atoms with Crippen LogP contribution in [-0.2, 0) is 13.0 Å². The van der Waals surface area contributed by atoms with Crippen LogP contribution in [0.3, 0.4) is 0 Å². The van der Waals surface area contributed by atoms with Gasteiger partial charge in [0.05, 0.1) is 24.8 Å². The number of nitrogens with zero attached hydrogens (tertiary/aromatic N) is 9. The van der Waals surface area contributed by atoms with E-state index in [0.717, 1.165) is 16.8 Å². The van der Waals surface area contributed by atoms with Gasteiger partial charge in [-0.05, 0) is 105 Å². The van der Waals surface area contributed by atoms with Crippen LogP contribution in [0.25, 0.3) is 28.0 Å². The Balaban J connectivity index is 0.849. The van der Waals surface area contributed by atoms with Gasteiger partial charge in [-0.25, -0.2) is 19.7 Å². The van der Waals surface area contributed by atoms with Crippen LogP contribution in [0.1, 0.15) is 89.4 Å². The predicted octanol–water partition coefficient (Wildman–Crippen LogP) is 5.77. The van der Waals surface area contributed by atoms with E-state index in [4.69, 9.17) is 24.9 Å². The van der Waals surface area contributed by atoms with Gasteiger partial charge in [-0.2, -0.15) is 4.99 Å². The van der Waals surface area contributed by atoms with E-state index >= 15 is 0 Å². The van der Waals surface area contributed by atoms with Crippen molar-refractivity contribution in [1.29, 1.82) is 0 Å². The highest BCUT2D eigenvalue weighted by molar-refractivity contribution is 5.97. The van der Waals surface area contributed by atoms with Gasteiger partial charge in [0, 0.05) is 73.9 Å². The van der Waals surface area contributed by atoms with E-state index in [1.807, 2.05) is 50.5 Å². The number of fused-ring (bicyclic) bond motifs is 3. The number of benzene rings is 4. The summed E-state index contributed by atoms with van der Waals surface area (Å²) in [6.07, 6.45) is 3.06. The van der Waals surface area contributed by atoms with Crippen LogP contribution in [0.5, 0.6) is 28.7 Å². The first-order valence-corrected chi connectivity index (χ1v) is 24.1. The number of ether oxygens (including phenoxy) is 3. The van der Waals surface area contributed by atoms with Gasteiger partial charge in [0.2, 0.25) is 17.4 Å². The van der Waals surface area contributed by atoms with Gasteiger partial charge < -0.3 is 51.0 Å². The molecule has 8 rings (SSSR count). The summed E-state index contributed by atoms with van der Waals surface area (Å²) in [5.41, 5.74) is 8.97. The van der Waals surface area contributed by atoms with Gasteiger partial charge in [0.25, 0.3) is 17.7 Å². The van der Waals surface area contributed by atoms with E-state index in [-0.39, 0.29) is 70.3 Å². The molecule has 0 unspecified atom stereocenters. The zero-order valence-electron chi connectivity index (χ0n) is 41.7. The Morgan fingerprint density at radius 3 is 2.34 bits per heavy atom. The number of methoxy groups -OCH3 is 1. The third-order valence-corrected chi connectivity index (χ3v) is 12.1. The van der Waals surface area contributed by atoms with Crippen LogP contribution in [0, 0.1) is 0 Å². The monoisotopic (exact) mass is 1010 g/mol. The molecule has 4 aromatic carbocycles. The highest BCUT2D eigenvalue weighted by Gasteiger charge is 2.26. The van der Waals surface area contributed by atoms with E-state index in [2.05, 4.69) is 41.1 Å². The number of hydrogen-bond donors (Lipinski definition) is 6. The second kappa shape index (κ2) is 22.6. The Morgan fingerprint density at radius 2 is 1.65 bits per heavy atom. The average molecular weight is 1010 g/mol. The number of phenols is 2. The first kappa shape index (κ1) is 51.3. The molecule has 22 nitrogen and oxygen atoms in total. The Labute approximate surface area is 425 Å². The molecule has 0 aliphatic carbocycles. The molecule has 0 fully saturated rings. The molecule has 74 heavy (non-hydrogen) atoms. The summed E-state index contributed by atoms with van der Waals surface area (Å²) in [5, 5.41) is 39.5. The second-order valence-corrected chi connectivity index (χ2v) is 17.8. The number of aromatic hydroxyl groups is 2. The Hall–Kier alpha value is -9.08. The molecule has 1 aliphatic rings. The lowest BCUT2D eigenvalue weighted by atomic mass is 9.98. The standard InChI is InChI=1S/C52H57N13O9/c1-7-54-49(70)46-62-61-45(38-25-37(29(2)3)39(66)26-40(38)67)65(46)34-13-11-32(12-14-34)47(68)56-20-19-31-9-15-35(16-10-31)74-52(71)63(30(4)5)22-8-24-73-41-18-17-36-42(43(41)72-6)59-51(64-23-21-55-44(36)64)60-48(69)33-27-57-50(53)58-28-33/h9-18,25-30,55,66-67H,7-8,19-24H2,1-6H3,(H,54,70)(H,56,68)(H2,53,57,58). The number of rotatable bonds is 18. The fourth-order valence-corrected chi connectivity index (χ4v) is 8.32. The molecule has 3 aromatic heterocycles. The molecule has 4 heterocycles. The van der Waals surface area contributed by atoms with E-state index in [9.17, 15) is 29.4 Å². The summed E-state index contributed by atoms with van der Waals surface area (Å²) in [6.45, 7) is 11.8. The molecular weight excluding hydrogens is 951 g/mol. The molecule has 384 valence electrons. The second-order valence-electron chi connectivity index (χ2n) is 17.8. The Morgan fingerprint density at radius 1 is 0.905 bits per heavy atom. The molecule has 7 aromatic rings. The molecule has 0 saturated heterocycles. The third kappa shape index (κ3) is 11.2. The van der Waals surface area contributed by atoms with Gasteiger partial charge in [0.1, 0.15) is 28.6 Å². The minimum absolute atomic E-state index is 0.0235. The quantitative estimate of drug-likeness (QED) is 0.0557. The van der Waals surface area contributed by atoms with Crippen LogP contribution in [0.2, 0.25) is 0 Å². The predicted molar refractivity (Wildman–Crippen MR) is 274 cm³/mol. The molecule has 0 atom stereocenters. The van der Waals surface area contributed by atoms with Gasteiger partial charge in [-0.1, -0.05) is 26.0 Å².